The molecule has 0 amide bonds. The van der Waals surface area contributed by atoms with Gasteiger partial charge in [-0.2, -0.15) is 0 Å². The van der Waals surface area contributed by atoms with Gasteiger partial charge in [0.1, 0.15) is 6.10 Å². The minimum atomic E-state index is -0.830. The summed E-state index contributed by atoms with van der Waals surface area (Å²) in [4.78, 5) is 0. The fraction of sp³-hybridized carbons (Fsp3) is 1.00. The predicted octanol–water partition coefficient (Wildman–Crippen LogP) is -1.77. The highest BCUT2D eigenvalue weighted by Crippen LogP contribution is 2.12. The fourth-order valence-electron chi connectivity index (χ4n) is 1.11. The van der Waals surface area contributed by atoms with Crippen molar-refractivity contribution < 1.29 is 10.2 Å². The normalized spacial score (nSPS) is 49.2. The van der Waals surface area contributed by atoms with Gasteiger partial charge < -0.3 is 15.9 Å². The van der Waals surface area contributed by atoms with Crippen LogP contribution in [0, 0.1) is 5.92 Å². The number of hydrogen-bond acceptors (Lipinski definition) is 4. The van der Waals surface area contributed by atoms with Crippen LogP contribution < -0.4 is 11.1 Å². The zero-order valence-corrected chi connectivity index (χ0v) is 5.99. The van der Waals surface area contributed by atoms with Crippen LogP contribution in [0.4, 0.5) is 0 Å². The molecule has 1 fully saturated rings. The van der Waals surface area contributed by atoms with Crippen molar-refractivity contribution in [2.24, 2.45) is 11.7 Å². The number of nitrogens with one attached hydrogen (secondary N) is 1. The molecule has 0 aliphatic carbocycles. The molecule has 1 rings (SSSR count). The molecule has 60 valence electrons. The van der Waals surface area contributed by atoms with Crippen LogP contribution in [-0.2, 0) is 0 Å². The van der Waals surface area contributed by atoms with Crippen LogP contribution in [0.5, 0.6) is 0 Å². The van der Waals surface area contributed by atoms with E-state index in [9.17, 15) is 10.2 Å². The predicted molar refractivity (Wildman–Crippen MR) is 37.2 cm³/mol. The quantitative estimate of drug-likeness (QED) is 0.326. The topological polar surface area (TPSA) is 78.5 Å². The van der Waals surface area contributed by atoms with E-state index in [1.54, 1.807) is 0 Å². The first kappa shape index (κ1) is 7.94. The molecular formula is C6H14N2O2. The molecule has 0 unspecified atom stereocenters. The van der Waals surface area contributed by atoms with E-state index in [0.29, 0.717) is 6.54 Å². The average Bonchev–Trinajstić information content (AvgIpc) is 1.93. The second-order valence-corrected chi connectivity index (χ2v) is 2.89. The highest BCUT2D eigenvalue weighted by molar-refractivity contribution is 4.86. The van der Waals surface area contributed by atoms with Crippen LogP contribution in [0.15, 0.2) is 0 Å². The van der Waals surface area contributed by atoms with Gasteiger partial charge in [-0.3, -0.25) is 5.32 Å². The molecule has 4 heteroatoms. The summed E-state index contributed by atoms with van der Waals surface area (Å²) in [7, 11) is 0. The molecule has 4 atom stereocenters. The Balaban J connectivity index is 2.52. The molecule has 0 aromatic rings. The fourth-order valence-corrected chi connectivity index (χ4v) is 1.11. The Hall–Kier alpha value is -0.160. The number of nitrogens with two attached hydrogens (primary N) is 1. The van der Waals surface area contributed by atoms with Gasteiger partial charge in [0.15, 0.2) is 0 Å². The van der Waals surface area contributed by atoms with Gasteiger partial charge in [0, 0.05) is 6.54 Å². The summed E-state index contributed by atoms with van der Waals surface area (Å²) in [5, 5.41) is 21.3. The number of rotatable bonds is 0. The third kappa shape index (κ3) is 1.29. The first-order valence-electron chi connectivity index (χ1n) is 3.48. The second-order valence-electron chi connectivity index (χ2n) is 2.89. The highest BCUT2D eigenvalue weighted by Gasteiger charge is 2.32. The third-order valence-electron chi connectivity index (χ3n) is 1.98. The summed E-state index contributed by atoms with van der Waals surface area (Å²) in [5.74, 6) is 0.0785. The summed E-state index contributed by atoms with van der Waals surface area (Å²) in [6, 6.07) is 0. The van der Waals surface area contributed by atoms with Crippen molar-refractivity contribution in [3.63, 3.8) is 0 Å². The number of hydrogen-bond donors (Lipinski definition) is 4. The van der Waals surface area contributed by atoms with E-state index in [1.165, 1.54) is 0 Å². The van der Waals surface area contributed by atoms with Gasteiger partial charge >= 0.3 is 0 Å². The van der Waals surface area contributed by atoms with Gasteiger partial charge in [-0.1, -0.05) is 6.92 Å². The van der Waals surface area contributed by atoms with Gasteiger partial charge in [-0.25, -0.2) is 0 Å². The Morgan fingerprint density at radius 1 is 1.40 bits per heavy atom. The Kier molecular flexibility index (Phi) is 2.25. The van der Waals surface area contributed by atoms with Gasteiger partial charge in [-0.05, 0) is 5.92 Å². The molecule has 0 spiro atoms. The average molecular weight is 146 g/mol. The molecule has 0 saturated carbocycles. The lowest BCUT2D eigenvalue weighted by molar-refractivity contribution is -0.0527. The first-order chi connectivity index (χ1) is 4.63. The molecule has 1 heterocycles. The van der Waals surface area contributed by atoms with Crippen LogP contribution in [0.3, 0.4) is 0 Å². The van der Waals surface area contributed by atoms with Crippen molar-refractivity contribution in [1.82, 2.24) is 5.32 Å². The summed E-state index contributed by atoms with van der Waals surface area (Å²) >= 11 is 0. The number of piperidine rings is 1. The van der Waals surface area contributed by atoms with E-state index in [2.05, 4.69) is 5.32 Å². The molecule has 0 bridgehead atoms. The van der Waals surface area contributed by atoms with Crippen LogP contribution in [0.1, 0.15) is 6.92 Å². The van der Waals surface area contributed by atoms with E-state index in [1.807, 2.05) is 6.92 Å². The molecule has 10 heavy (non-hydrogen) atoms. The van der Waals surface area contributed by atoms with Crippen molar-refractivity contribution in [2.45, 2.75) is 25.3 Å². The minimum absolute atomic E-state index is 0.0785. The van der Waals surface area contributed by atoms with Crippen molar-refractivity contribution in [1.29, 1.82) is 0 Å². The monoisotopic (exact) mass is 146 g/mol. The van der Waals surface area contributed by atoms with Crippen molar-refractivity contribution in [3.05, 3.63) is 0 Å². The summed E-state index contributed by atoms with van der Waals surface area (Å²) in [6.45, 7) is 2.53. The van der Waals surface area contributed by atoms with Gasteiger partial charge in [0.05, 0.1) is 12.3 Å². The van der Waals surface area contributed by atoms with E-state index in [-0.39, 0.29) is 5.92 Å². The molecule has 1 aliphatic heterocycles. The molecule has 5 N–H and O–H groups in total. The van der Waals surface area contributed by atoms with Crippen molar-refractivity contribution in [3.8, 4) is 0 Å². The standard InChI is InChI=1S/C6H14N2O2/c1-3-2-8-6(7)5(10)4(3)9/h3-6,8-10H,2,7H2,1H3/t3-,4-,5-,6+/m1/s1. The molecular weight excluding hydrogens is 132 g/mol. The van der Waals surface area contributed by atoms with Gasteiger partial charge in [0.25, 0.3) is 0 Å². The lowest BCUT2D eigenvalue weighted by atomic mass is 9.94. The van der Waals surface area contributed by atoms with Crippen LogP contribution >= 0.6 is 0 Å². The minimum Gasteiger partial charge on any atom is -0.390 e. The maximum atomic E-state index is 9.25. The molecule has 4 nitrogen and oxygen atoms in total. The van der Waals surface area contributed by atoms with Crippen molar-refractivity contribution >= 4 is 0 Å². The largest absolute Gasteiger partial charge is 0.390 e. The SMILES string of the molecule is C[C@@H]1CN[C@H](N)[C@H](O)[C@@H]1O. The second kappa shape index (κ2) is 2.84. The third-order valence-corrected chi connectivity index (χ3v) is 1.98. The van der Waals surface area contributed by atoms with Gasteiger partial charge in [-0.15, -0.1) is 0 Å². The Labute approximate surface area is 60.0 Å². The summed E-state index contributed by atoms with van der Waals surface area (Å²) < 4.78 is 0. The molecule has 0 aromatic heterocycles. The van der Waals surface area contributed by atoms with E-state index >= 15 is 0 Å². The first-order valence-corrected chi connectivity index (χ1v) is 3.48. The Morgan fingerprint density at radius 2 is 2.00 bits per heavy atom. The summed E-state index contributed by atoms with van der Waals surface area (Å²) in [5.41, 5.74) is 5.41. The molecule has 0 radical (unpaired) electrons. The molecule has 1 saturated heterocycles. The highest BCUT2D eigenvalue weighted by atomic mass is 16.3. The smallest absolute Gasteiger partial charge is 0.108 e. The maximum absolute atomic E-state index is 9.25. The Morgan fingerprint density at radius 3 is 2.50 bits per heavy atom. The van der Waals surface area contributed by atoms with E-state index in [0.717, 1.165) is 0 Å². The van der Waals surface area contributed by atoms with E-state index < -0.39 is 18.4 Å². The lowest BCUT2D eigenvalue weighted by Crippen LogP contribution is -2.60. The van der Waals surface area contributed by atoms with E-state index in [4.69, 9.17) is 5.73 Å². The van der Waals surface area contributed by atoms with Crippen molar-refractivity contribution in [2.75, 3.05) is 6.54 Å². The Bertz CT molecular complexity index is 106. The number of aliphatic hydroxyl groups excluding tert-OH is 2. The molecule has 0 aromatic carbocycles. The number of aliphatic hydroxyl groups is 2. The lowest BCUT2D eigenvalue weighted by Gasteiger charge is -2.34. The zero-order valence-electron chi connectivity index (χ0n) is 5.99. The van der Waals surface area contributed by atoms with Gasteiger partial charge in [0.2, 0.25) is 0 Å². The van der Waals surface area contributed by atoms with Crippen LogP contribution in [0.2, 0.25) is 0 Å². The van der Waals surface area contributed by atoms with Crippen LogP contribution in [-0.4, -0.2) is 35.1 Å². The van der Waals surface area contributed by atoms with Crippen LogP contribution in [0.25, 0.3) is 0 Å². The summed E-state index contributed by atoms with van der Waals surface area (Å²) in [6.07, 6.45) is -1.99. The molecule has 1 aliphatic rings. The maximum Gasteiger partial charge on any atom is 0.108 e. The zero-order chi connectivity index (χ0) is 7.72.